The van der Waals surface area contributed by atoms with Crippen molar-refractivity contribution >= 4 is 34.6 Å². The highest BCUT2D eigenvalue weighted by Gasteiger charge is 2.16. The second-order valence-electron chi connectivity index (χ2n) is 6.47. The largest absolute Gasteiger partial charge is 0.478 e. The summed E-state index contributed by atoms with van der Waals surface area (Å²) in [5.41, 5.74) is 8.98. The van der Waals surface area contributed by atoms with Crippen molar-refractivity contribution in [1.82, 2.24) is 20.3 Å². The number of aliphatic carboxylic acids is 2. The fraction of sp³-hybridized carbons (Fsp3) is 0.200. The summed E-state index contributed by atoms with van der Waals surface area (Å²) >= 11 is 0. The first-order valence-corrected chi connectivity index (χ1v) is 9.24. The van der Waals surface area contributed by atoms with E-state index in [4.69, 9.17) is 15.9 Å². The molecule has 30 heavy (non-hydrogen) atoms. The van der Waals surface area contributed by atoms with Gasteiger partial charge in [0.2, 0.25) is 5.95 Å². The number of benzene rings is 1. The lowest BCUT2D eigenvalue weighted by molar-refractivity contribution is -0.134. The molecule has 156 valence electrons. The Labute approximate surface area is 172 Å². The van der Waals surface area contributed by atoms with Gasteiger partial charge in [-0.15, -0.1) is 0 Å². The normalized spacial score (nSPS) is 13.8. The lowest BCUT2D eigenvalue weighted by atomic mass is 10.1. The molecule has 0 amide bonds. The fourth-order valence-electron chi connectivity index (χ4n) is 3.07. The van der Waals surface area contributed by atoms with Gasteiger partial charge in [0.1, 0.15) is 5.82 Å². The van der Waals surface area contributed by atoms with Gasteiger partial charge in [0.25, 0.3) is 0 Å². The first-order valence-electron chi connectivity index (χ1n) is 9.24. The van der Waals surface area contributed by atoms with Crippen molar-refractivity contribution in [2.45, 2.75) is 0 Å². The molecule has 1 aromatic carbocycles. The molecule has 10 heteroatoms. The molecule has 3 aromatic rings. The van der Waals surface area contributed by atoms with Crippen molar-refractivity contribution in [2.24, 2.45) is 0 Å². The van der Waals surface area contributed by atoms with Crippen LogP contribution < -0.4 is 16.0 Å². The molecule has 0 saturated carbocycles. The lowest BCUT2D eigenvalue weighted by Gasteiger charge is -2.29. The Kier molecular flexibility index (Phi) is 6.60. The Morgan fingerprint density at radius 1 is 1.07 bits per heavy atom. The average molecular weight is 410 g/mol. The van der Waals surface area contributed by atoms with Crippen LogP contribution in [0, 0.1) is 0 Å². The molecule has 0 radical (unpaired) electrons. The quantitative estimate of drug-likeness (QED) is 0.400. The monoisotopic (exact) mass is 410 g/mol. The van der Waals surface area contributed by atoms with Gasteiger partial charge >= 0.3 is 11.9 Å². The Morgan fingerprint density at radius 3 is 2.37 bits per heavy atom. The predicted molar refractivity (Wildman–Crippen MR) is 113 cm³/mol. The fourth-order valence-corrected chi connectivity index (χ4v) is 3.07. The SMILES string of the molecule is Nc1nc(N2CCNCC2)c2ccc(-c3ccc[nH]3)cc2n1.O=C(O)/C=C/C(=O)O. The Hall–Kier alpha value is -3.92. The van der Waals surface area contributed by atoms with E-state index >= 15 is 0 Å². The summed E-state index contributed by atoms with van der Waals surface area (Å²) in [6, 6.07) is 10.3. The van der Waals surface area contributed by atoms with Crippen LogP contribution in [0.15, 0.2) is 48.7 Å². The topological polar surface area (TPSA) is 157 Å². The van der Waals surface area contributed by atoms with Crippen molar-refractivity contribution in [2.75, 3.05) is 36.8 Å². The minimum atomic E-state index is -1.26. The molecular formula is C20H22N6O4. The number of nitrogen functional groups attached to an aromatic ring is 1. The number of anilines is 2. The molecule has 0 atom stereocenters. The van der Waals surface area contributed by atoms with Gasteiger partial charge in [-0.3, -0.25) is 0 Å². The molecule has 1 aliphatic rings. The summed E-state index contributed by atoms with van der Waals surface area (Å²) in [6.07, 6.45) is 3.03. The maximum atomic E-state index is 9.55. The minimum Gasteiger partial charge on any atom is -0.478 e. The predicted octanol–water partition coefficient (Wildman–Crippen LogP) is 1.33. The highest BCUT2D eigenvalue weighted by atomic mass is 16.4. The van der Waals surface area contributed by atoms with Gasteiger partial charge in [-0.2, -0.15) is 4.98 Å². The van der Waals surface area contributed by atoms with E-state index < -0.39 is 11.9 Å². The number of carbonyl (C=O) groups is 2. The number of aromatic amines is 1. The van der Waals surface area contributed by atoms with Crippen molar-refractivity contribution in [3.8, 4) is 11.3 Å². The molecule has 0 spiro atoms. The molecule has 0 aliphatic carbocycles. The van der Waals surface area contributed by atoms with Crippen molar-refractivity contribution in [3.63, 3.8) is 0 Å². The maximum absolute atomic E-state index is 9.55. The first kappa shape index (κ1) is 20.8. The molecule has 1 aliphatic heterocycles. The van der Waals surface area contributed by atoms with Crippen LogP contribution in [0.5, 0.6) is 0 Å². The number of fused-ring (bicyclic) bond motifs is 1. The van der Waals surface area contributed by atoms with Crippen LogP contribution in [-0.2, 0) is 9.59 Å². The molecule has 1 fully saturated rings. The molecule has 3 heterocycles. The van der Waals surface area contributed by atoms with E-state index in [2.05, 4.69) is 43.4 Å². The Balaban J connectivity index is 0.000000275. The van der Waals surface area contributed by atoms with Gasteiger partial charge < -0.3 is 31.1 Å². The molecule has 4 rings (SSSR count). The number of H-pyrrole nitrogens is 1. The van der Waals surface area contributed by atoms with Crippen molar-refractivity contribution < 1.29 is 19.8 Å². The third kappa shape index (κ3) is 5.32. The van der Waals surface area contributed by atoms with Crippen LogP contribution in [0.25, 0.3) is 22.2 Å². The van der Waals surface area contributed by atoms with Gasteiger partial charge in [0, 0.05) is 61.2 Å². The summed E-state index contributed by atoms with van der Waals surface area (Å²) in [5.74, 6) is -1.26. The lowest BCUT2D eigenvalue weighted by Crippen LogP contribution is -2.44. The van der Waals surface area contributed by atoms with Gasteiger partial charge in [-0.05, 0) is 24.3 Å². The first-order chi connectivity index (χ1) is 14.4. The van der Waals surface area contributed by atoms with E-state index in [1.54, 1.807) is 0 Å². The van der Waals surface area contributed by atoms with Gasteiger partial charge in [0.05, 0.1) is 5.52 Å². The van der Waals surface area contributed by atoms with Gasteiger partial charge in [-0.25, -0.2) is 14.6 Å². The number of nitrogens with two attached hydrogens (primary N) is 1. The standard InChI is InChI=1S/C16H18N6.C4H4O4/c17-16-20-14-10-11(13-2-1-5-19-13)3-4-12(14)15(21-16)22-8-6-18-7-9-22;5-3(6)1-2-4(7)8/h1-5,10,18-19H,6-9H2,(H2,17,20,21);1-2H,(H,5,6)(H,7,8)/b;2-1+. The molecule has 0 bridgehead atoms. The number of carboxylic acid groups (broad SMARTS) is 2. The third-order valence-electron chi connectivity index (χ3n) is 4.39. The smallest absolute Gasteiger partial charge is 0.328 e. The summed E-state index contributed by atoms with van der Waals surface area (Å²) in [6.45, 7) is 3.80. The van der Waals surface area contributed by atoms with Crippen LogP contribution in [0.4, 0.5) is 11.8 Å². The van der Waals surface area contributed by atoms with Gasteiger partial charge in [-0.1, -0.05) is 6.07 Å². The number of piperazine rings is 1. The number of rotatable bonds is 4. The van der Waals surface area contributed by atoms with Crippen LogP contribution >= 0.6 is 0 Å². The number of carboxylic acids is 2. The zero-order valence-corrected chi connectivity index (χ0v) is 16.1. The second kappa shape index (κ2) is 9.52. The summed E-state index contributed by atoms with van der Waals surface area (Å²) in [5, 5.41) is 20.0. The van der Waals surface area contributed by atoms with Gasteiger partial charge in [0.15, 0.2) is 0 Å². The number of nitrogens with zero attached hydrogens (tertiary/aromatic N) is 3. The molecule has 6 N–H and O–H groups in total. The number of hydrogen-bond acceptors (Lipinski definition) is 7. The number of aromatic nitrogens is 3. The van der Waals surface area contributed by atoms with E-state index in [1.807, 2.05) is 18.3 Å². The average Bonchev–Trinajstić information content (AvgIpc) is 3.27. The van der Waals surface area contributed by atoms with Crippen molar-refractivity contribution in [3.05, 3.63) is 48.7 Å². The van der Waals surface area contributed by atoms with Crippen LogP contribution in [0.3, 0.4) is 0 Å². The summed E-state index contributed by atoms with van der Waals surface area (Å²) < 4.78 is 0. The van der Waals surface area contributed by atoms with Crippen LogP contribution in [0.2, 0.25) is 0 Å². The third-order valence-corrected chi connectivity index (χ3v) is 4.39. The molecule has 1 saturated heterocycles. The zero-order chi connectivity index (χ0) is 21.5. The summed E-state index contributed by atoms with van der Waals surface area (Å²) in [7, 11) is 0. The Bertz CT molecular complexity index is 1040. The van der Waals surface area contributed by atoms with E-state index in [9.17, 15) is 9.59 Å². The van der Waals surface area contributed by atoms with Crippen molar-refractivity contribution in [1.29, 1.82) is 0 Å². The maximum Gasteiger partial charge on any atom is 0.328 e. The summed E-state index contributed by atoms with van der Waals surface area (Å²) in [4.78, 5) is 33.5. The minimum absolute atomic E-state index is 0.324. The van der Waals surface area contributed by atoms with Crippen LogP contribution in [-0.4, -0.2) is 63.3 Å². The molecular weight excluding hydrogens is 388 g/mol. The van der Waals surface area contributed by atoms with E-state index in [0.717, 1.165) is 54.2 Å². The number of nitrogens with one attached hydrogen (secondary N) is 2. The molecule has 10 nitrogen and oxygen atoms in total. The van der Waals surface area contributed by atoms with E-state index in [1.165, 1.54) is 0 Å². The molecule has 2 aromatic heterocycles. The molecule has 0 unspecified atom stereocenters. The zero-order valence-electron chi connectivity index (χ0n) is 16.1. The van der Waals surface area contributed by atoms with Crippen LogP contribution in [0.1, 0.15) is 0 Å². The highest BCUT2D eigenvalue weighted by Crippen LogP contribution is 2.28. The van der Waals surface area contributed by atoms with E-state index in [-0.39, 0.29) is 0 Å². The van der Waals surface area contributed by atoms with E-state index in [0.29, 0.717) is 18.1 Å². The second-order valence-corrected chi connectivity index (χ2v) is 6.47. The highest BCUT2D eigenvalue weighted by molar-refractivity contribution is 5.93. The Morgan fingerprint density at radius 2 is 1.77 bits per heavy atom. The number of hydrogen-bond donors (Lipinski definition) is 5.